The van der Waals surface area contributed by atoms with Gasteiger partial charge in [0.25, 0.3) is 0 Å². The predicted molar refractivity (Wildman–Crippen MR) is 155 cm³/mol. The van der Waals surface area contributed by atoms with Gasteiger partial charge in [0.1, 0.15) is 5.82 Å². The Morgan fingerprint density at radius 3 is 2.34 bits per heavy atom. The van der Waals surface area contributed by atoms with Crippen molar-refractivity contribution in [2.24, 2.45) is 0 Å². The maximum absolute atomic E-state index is 4.57. The van der Waals surface area contributed by atoms with Crippen LogP contribution in [0, 0.1) is 0 Å². The van der Waals surface area contributed by atoms with Crippen molar-refractivity contribution >= 4 is 34.9 Å². The van der Waals surface area contributed by atoms with Crippen LogP contribution in [0.2, 0.25) is 0 Å². The molecule has 0 radical (unpaired) electrons. The van der Waals surface area contributed by atoms with Crippen LogP contribution in [0.3, 0.4) is 0 Å². The van der Waals surface area contributed by atoms with Crippen molar-refractivity contribution in [2.45, 2.75) is 53.4 Å². The zero-order valence-corrected chi connectivity index (χ0v) is 21.6. The largest absolute Gasteiger partial charge is 0.340 e. The first-order valence-corrected chi connectivity index (χ1v) is 12.7. The fourth-order valence-corrected chi connectivity index (χ4v) is 4.17. The van der Waals surface area contributed by atoms with Gasteiger partial charge in [0.05, 0.1) is 0 Å². The van der Waals surface area contributed by atoms with Crippen molar-refractivity contribution in [3.8, 4) is 0 Å². The Labute approximate surface area is 210 Å². The standard InChI is InChI=1S/C20H22N2.C13H16/c1-3-7-19-15(4-2)12-13-21-20(19)22-18-11-10-16-8-5-6-9-17(16)14-18;1-4-12(5-2)10-13-9-7-6-8-11(13)3/h5-6,8-14H,3-4,7H2,1-2H3,(H,21,22);4,6-10H,3,5H2,1-2H3/b;12-4-,13-10-. The van der Waals surface area contributed by atoms with E-state index in [1.807, 2.05) is 24.4 Å². The van der Waals surface area contributed by atoms with Gasteiger partial charge in [0.15, 0.2) is 0 Å². The number of nitrogens with one attached hydrogen (secondary N) is 1. The smallest absolute Gasteiger partial charge is 0.133 e. The molecule has 0 unspecified atom stereocenters. The number of hydrogen-bond acceptors (Lipinski definition) is 2. The molecule has 0 spiro atoms. The van der Waals surface area contributed by atoms with Gasteiger partial charge in [0.2, 0.25) is 0 Å². The second-order valence-electron chi connectivity index (χ2n) is 8.65. The fourth-order valence-electron chi connectivity index (χ4n) is 4.17. The molecule has 0 bridgehead atoms. The summed E-state index contributed by atoms with van der Waals surface area (Å²) in [7, 11) is 0. The molecule has 0 fully saturated rings. The number of allylic oxidation sites excluding steroid dienone is 2. The Hall–Kier alpha value is -3.65. The third-order valence-electron chi connectivity index (χ3n) is 6.22. The molecule has 2 heteroatoms. The van der Waals surface area contributed by atoms with E-state index in [0.29, 0.717) is 0 Å². The van der Waals surface area contributed by atoms with Gasteiger partial charge in [-0.1, -0.05) is 106 Å². The minimum absolute atomic E-state index is 0.997. The lowest BCUT2D eigenvalue weighted by molar-refractivity contribution is 0.892. The molecule has 0 aliphatic carbocycles. The normalized spacial score (nSPS) is 11.8. The first-order valence-electron chi connectivity index (χ1n) is 12.7. The number of anilines is 2. The monoisotopic (exact) mass is 462 g/mol. The Morgan fingerprint density at radius 2 is 1.66 bits per heavy atom. The minimum atomic E-state index is 0.997. The van der Waals surface area contributed by atoms with Gasteiger partial charge < -0.3 is 5.32 Å². The molecule has 180 valence electrons. The van der Waals surface area contributed by atoms with E-state index in [1.54, 1.807) is 0 Å². The Morgan fingerprint density at radius 1 is 0.914 bits per heavy atom. The lowest BCUT2D eigenvalue weighted by atomic mass is 10.0. The van der Waals surface area contributed by atoms with Gasteiger partial charge in [-0.15, -0.1) is 0 Å². The molecule has 1 aromatic heterocycles. The maximum Gasteiger partial charge on any atom is 0.133 e. The molecule has 4 rings (SSSR count). The third kappa shape index (κ3) is 7.16. The van der Waals surface area contributed by atoms with E-state index in [2.05, 4.69) is 111 Å². The Bertz CT molecular complexity index is 1380. The number of hydrogen-bond donors (Lipinski definition) is 1. The highest BCUT2D eigenvalue weighted by molar-refractivity contribution is 5.86. The predicted octanol–water partition coefficient (Wildman–Crippen LogP) is 7.73. The lowest BCUT2D eigenvalue weighted by Crippen LogP contribution is -2.21. The Balaban J connectivity index is 0.000000225. The van der Waals surface area contributed by atoms with Crippen LogP contribution < -0.4 is 15.8 Å². The van der Waals surface area contributed by atoms with Crippen LogP contribution >= 0.6 is 0 Å². The molecule has 0 aliphatic rings. The zero-order chi connectivity index (χ0) is 25.0. The average molecular weight is 463 g/mol. The molecule has 35 heavy (non-hydrogen) atoms. The molecule has 3 aromatic carbocycles. The number of pyridine rings is 1. The van der Waals surface area contributed by atoms with Gasteiger partial charge in [0, 0.05) is 11.9 Å². The third-order valence-corrected chi connectivity index (χ3v) is 6.22. The van der Waals surface area contributed by atoms with Crippen LogP contribution in [0.25, 0.3) is 23.4 Å². The maximum atomic E-state index is 4.57. The van der Waals surface area contributed by atoms with E-state index in [4.69, 9.17) is 0 Å². The molecule has 0 saturated heterocycles. The summed E-state index contributed by atoms with van der Waals surface area (Å²) in [5.74, 6) is 0.997. The molecular weight excluding hydrogens is 424 g/mol. The molecule has 4 aromatic rings. The lowest BCUT2D eigenvalue weighted by Gasteiger charge is -2.14. The number of aromatic nitrogens is 1. The van der Waals surface area contributed by atoms with Crippen LogP contribution in [0.1, 0.15) is 51.7 Å². The van der Waals surface area contributed by atoms with Crippen molar-refractivity contribution in [3.63, 3.8) is 0 Å². The van der Waals surface area contributed by atoms with E-state index in [0.717, 1.165) is 42.4 Å². The minimum Gasteiger partial charge on any atom is -0.340 e. The van der Waals surface area contributed by atoms with Crippen LogP contribution in [0.4, 0.5) is 11.5 Å². The second-order valence-corrected chi connectivity index (χ2v) is 8.65. The molecule has 1 heterocycles. The highest BCUT2D eigenvalue weighted by Crippen LogP contribution is 2.26. The fraction of sp³-hybridized carbons (Fsp3) is 0.242. The van der Waals surface area contributed by atoms with Gasteiger partial charge in [-0.25, -0.2) is 4.98 Å². The molecule has 1 N–H and O–H groups in total. The summed E-state index contributed by atoms with van der Waals surface area (Å²) in [5.41, 5.74) is 5.19. The van der Waals surface area contributed by atoms with E-state index in [-0.39, 0.29) is 0 Å². The van der Waals surface area contributed by atoms with Crippen LogP contribution in [0.15, 0.2) is 90.6 Å². The summed E-state index contributed by atoms with van der Waals surface area (Å²) in [6, 6.07) is 25.2. The molecule has 2 nitrogen and oxygen atoms in total. The van der Waals surface area contributed by atoms with Gasteiger partial charge >= 0.3 is 0 Å². The van der Waals surface area contributed by atoms with Gasteiger partial charge in [-0.2, -0.15) is 0 Å². The van der Waals surface area contributed by atoms with Crippen molar-refractivity contribution in [1.29, 1.82) is 0 Å². The van der Waals surface area contributed by atoms with Crippen molar-refractivity contribution < 1.29 is 0 Å². The van der Waals surface area contributed by atoms with Gasteiger partial charge in [-0.05, 0) is 76.7 Å². The Kier molecular flexibility index (Phi) is 9.86. The quantitative estimate of drug-likeness (QED) is 0.304. The SMILES string of the molecule is C=c1cccc/c1=C/C(=C\C)CC.CCCc1c(CC)ccnc1Nc1ccc2ccccc2c1. The van der Waals surface area contributed by atoms with Crippen LogP contribution in [-0.2, 0) is 12.8 Å². The van der Waals surface area contributed by atoms with Gasteiger partial charge in [-0.3, -0.25) is 0 Å². The first kappa shape index (κ1) is 26.0. The average Bonchev–Trinajstić information content (AvgIpc) is 2.89. The van der Waals surface area contributed by atoms with E-state index >= 15 is 0 Å². The van der Waals surface area contributed by atoms with Crippen LogP contribution in [0.5, 0.6) is 0 Å². The van der Waals surface area contributed by atoms with E-state index in [9.17, 15) is 0 Å². The second kappa shape index (κ2) is 13.3. The number of aryl methyl sites for hydroxylation is 1. The molecule has 0 aliphatic heterocycles. The zero-order valence-electron chi connectivity index (χ0n) is 21.6. The topological polar surface area (TPSA) is 24.9 Å². The molecule has 0 saturated carbocycles. The van der Waals surface area contributed by atoms with E-state index < -0.39 is 0 Å². The number of fused-ring (bicyclic) bond motifs is 1. The summed E-state index contributed by atoms with van der Waals surface area (Å²) in [6.45, 7) is 12.6. The van der Waals surface area contributed by atoms with Crippen LogP contribution in [-0.4, -0.2) is 4.98 Å². The van der Waals surface area contributed by atoms with Crippen molar-refractivity contribution in [3.05, 3.63) is 112 Å². The van der Waals surface area contributed by atoms with Crippen molar-refractivity contribution in [1.82, 2.24) is 4.98 Å². The summed E-state index contributed by atoms with van der Waals surface area (Å²) in [5, 5.41) is 8.33. The molecular formula is C33H38N2. The van der Waals surface area contributed by atoms with Crippen molar-refractivity contribution in [2.75, 3.05) is 5.32 Å². The summed E-state index contributed by atoms with van der Waals surface area (Å²) < 4.78 is 0. The summed E-state index contributed by atoms with van der Waals surface area (Å²) in [6.07, 6.45) is 10.6. The highest BCUT2D eigenvalue weighted by atomic mass is 15.0. The first-order chi connectivity index (χ1) is 17.1. The summed E-state index contributed by atoms with van der Waals surface area (Å²) >= 11 is 0. The number of rotatable bonds is 7. The summed E-state index contributed by atoms with van der Waals surface area (Å²) in [4.78, 5) is 4.57. The molecule has 0 amide bonds. The molecule has 0 atom stereocenters. The van der Waals surface area contributed by atoms with E-state index in [1.165, 1.54) is 32.7 Å². The number of nitrogens with zero attached hydrogens (tertiary/aromatic N) is 1. The number of benzene rings is 3. The highest BCUT2D eigenvalue weighted by Gasteiger charge is 2.08.